The number of aromatic carboxylic acids is 1. The van der Waals surface area contributed by atoms with E-state index in [-0.39, 0.29) is 11.6 Å². The molecule has 0 amide bonds. The number of aromatic nitrogens is 2. The summed E-state index contributed by atoms with van der Waals surface area (Å²) < 4.78 is 0. The Bertz CT molecular complexity index is 510. The van der Waals surface area contributed by atoms with Crippen molar-refractivity contribution >= 4 is 11.7 Å². The molecule has 1 aliphatic rings. The first kappa shape index (κ1) is 15.7. The summed E-state index contributed by atoms with van der Waals surface area (Å²) >= 11 is 0. The Labute approximate surface area is 125 Å². The van der Waals surface area contributed by atoms with E-state index in [9.17, 15) is 9.90 Å². The van der Waals surface area contributed by atoms with Gasteiger partial charge in [0.15, 0.2) is 5.69 Å². The largest absolute Gasteiger partial charge is 0.476 e. The minimum absolute atomic E-state index is 0.107. The Morgan fingerprint density at radius 2 is 2.05 bits per heavy atom. The first-order chi connectivity index (χ1) is 9.90. The Morgan fingerprint density at radius 1 is 1.43 bits per heavy atom. The molecule has 1 aliphatic heterocycles. The van der Waals surface area contributed by atoms with Gasteiger partial charge in [0.25, 0.3) is 0 Å². The zero-order valence-electron chi connectivity index (χ0n) is 13.2. The molecular weight excluding hydrogens is 268 g/mol. The fourth-order valence-electron chi connectivity index (χ4n) is 2.66. The number of nitrogens with zero attached hydrogens (tertiary/aromatic N) is 4. The van der Waals surface area contributed by atoms with Crippen molar-refractivity contribution in [2.24, 2.45) is 0 Å². The monoisotopic (exact) mass is 292 g/mol. The molecule has 0 unspecified atom stereocenters. The van der Waals surface area contributed by atoms with Crippen LogP contribution in [0.2, 0.25) is 0 Å². The number of hydrogen-bond acceptors (Lipinski definition) is 5. The lowest BCUT2D eigenvalue weighted by molar-refractivity contribution is 0.0690. The number of rotatable bonds is 4. The summed E-state index contributed by atoms with van der Waals surface area (Å²) in [4.78, 5) is 24.4. The van der Waals surface area contributed by atoms with E-state index < -0.39 is 5.97 Å². The minimum atomic E-state index is -0.992. The summed E-state index contributed by atoms with van der Waals surface area (Å²) in [7, 11) is 4.05. The lowest BCUT2D eigenvalue weighted by Gasteiger charge is -2.36. The Hall–Kier alpha value is -1.69. The molecule has 0 saturated carbocycles. The third-order valence-corrected chi connectivity index (χ3v) is 4.12. The number of likely N-dealkylation sites (tertiary alicyclic amines) is 1. The van der Waals surface area contributed by atoms with Crippen LogP contribution in [0.1, 0.15) is 48.9 Å². The molecule has 6 heteroatoms. The van der Waals surface area contributed by atoms with Crippen molar-refractivity contribution in [1.82, 2.24) is 14.9 Å². The molecule has 0 aliphatic carbocycles. The predicted octanol–water partition coefficient (Wildman–Crippen LogP) is 1.83. The highest BCUT2D eigenvalue weighted by atomic mass is 16.4. The molecule has 0 aromatic carbocycles. The molecular formula is C15H24N4O2. The highest BCUT2D eigenvalue weighted by molar-refractivity contribution is 5.92. The van der Waals surface area contributed by atoms with Gasteiger partial charge in [-0.15, -0.1) is 0 Å². The van der Waals surface area contributed by atoms with Crippen molar-refractivity contribution in [2.75, 3.05) is 32.1 Å². The molecule has 1 aromatic heterocycles. The van der Waals surface area contributed by atoms with Gasteiger partial charge in [-0.3, -0.25) is 0 Å². The maximum atomic E-state index is 11.5. The van der Waals surface area contributed by atoms with Gasteiger partial charge in [-0.2, -0.15) is 0 Å². The summed E-state index contributed by atoms with van der Waals surface area (Å²) in [6.45, 7) is 5.98. The lowest BCUT2D eigenvalue weighted by atomic mass is 10.0. The number of carbonyl (C=O) groups is 1. The zero-order valence-corrected chi connectivity index (χ0v) is 13.2. The second-order valence-electron chi connectivity index (χ2n) is 6.07. The van der Waals surface area contributed by atoms with Gasteiger partial charge in [-0.25, -0.2) is 14.8 Å². The summed E-state index contributed by atoms with van der Waals surface area (Å²) in [6, 6.07) is 0.341. The molecule has 1 aromatic rings. The van der Waals surface area contributed by atoms with E-state index in [1.165, 1.54) is 0 Å². The average Bonchev–Trinajstić information content (AvgIpc) is 2.46. The van der Waals surface area contributed by atoms with Gasteiger partial charge in [0.05, 0.1) is 11.9 Å². The van der Waals surface area contributed by atoms with E-state index in [0.29, 0.717) is 17.6 Å². The van der Waals surface area contributed by atoms with Crippen LogP contribution in [0.4, 0.5) is 5.69 Å². The smallest absolute Gasteiger partial charge is 0.356 e. The van der Waals surface area contributed by atoms with Crippen molar-refractivity contribution < 1.29 is 9.90 Å². The van der Waals surface area contributed by atoms with Gasteiger partial charge in [-0.1, -0.05) is 13.8 Å². The fraction of sp³-hybridized carbons (Fsp3) is 0.667. The molecule has 0 bridgehead atoms. The van der Waals surface area contributed by atoms with Gasteiger partial charge in [0.1, 0.15) is 5.82 Å². The first-order valence-corrected chi connectivity index (χ1v) is 7.41. The number of carboxylic acids is 1. The van der Waals surface area contributed by atoms with Gasteiger partial charge < -0.3 is 14.9 Å². The third-order valence-electron chi connectivity index (χ3n) is 4.12. The number of anilines is 1. The number of piperidine rings is 1. The van der Waals surface area contributed by atoms with Gasteiger partial charge >= 0.3 is 5.97 Å². The van der Waals surface area contributed by atoms with E-state index in [1.54, 1.807) is 6.20 Å². The van der Waals surface area contributed by atoms with Crippen molar-refractivity contribution in [3.63, 3.8) is 0 Å². The summed E-state index contributed by atoms with van der Waals surface area (Å²) in [5, 5.41) is 9.44. The van der Waals surface area contributed by atoms with E-state index in [0.717, 1.165) is 25.9 Å². The van der Waals surface area contributed by atoms with E-state index >= 15 is 0 Å². The van der Waals surface area contributed by atoms with Crippen LogP contribution in [0.5, 0.6) is 0 Å². The van der Waals surface area contributed by atoms with Crippen molar-refractivity contribution in [3.05, 3.63) is 17.7 Å². The summed E-state index contributed by atoms with van der Waals surface area (Å²) in [5.74, 6) is -0.298. The molecule has 2 rings (SSSR count). The molecule has 1 fully saturated rings. The van der Waals surface area contributed by atoms with Crippen LogP contribution in [0.25, 0.3) is 0 Å². The normalized spacial score (nSPS) is 17.2. The minimum Gasteiger partial charge on any atom is -0.476 e. The average molecular weight is 292 g/mol. The van der Waals surface area contributed by atoms with Crippen LogP contribution in [0.3, 0.4) is 0 Å². The SMILES string of the molecule is CC(C)c1ncc(N(C)C2CCN(C)CC2)c(C(=O)O)n1. The molecule has 0 spiro atoms. The molecule has 0 atom stereocenters. The number of hydrogen-bond donors (Lipinski definition) is 1. The molecule has 1 saturated heterocycles. The summed E-state index contributed by atoms with van der Waals surface area (Å²) in [6.07, 6.45) is 3.71. The quantitative estimate of drug-likeness (QED) is 0.913. The van der Waals surface area contributed by atoms with E-state index in [1.807, 2.05) is 25.8 Å². The molecule has 6 nitrogen and oxygen atoms in total. The zero-order chi connectivity index (χ0) is 15.6. The molecule has 116 valence electrons. The van der Waals surface area contributed by atoms with Gasteiger partial charge in [0.2, 0.25) is 0 Å². The maximum Gasteiger partial charge on any atom is 0.356 e. The van der Waals surface area contributed by atoms with Crippen molar-refractivity contribution in [2.45, 2.75) is 38.6 Å². The van der Waals surface area contributed by atoms with Crippen molar-refractivity contribution in [3.8, 4) is 0 Å². The van der Waals surface area contributed by atoms with Crippen LogP contribution in [0.15, 0.2) is 6.20 Å². The Balaban J connectivity index is 2.27. The Morgan fingerprint density at radius 3 is 2.57 bits per heavy atom. The fourth-order valence-corrected chi connectivity index (χ4v) is 2.66. The van der Waals surface area contributed by atoms with Crippen LogP contribution in [-0.4, -0.2) is 59.2 Å². The van der Waals surface area contributed by atoms with Crippen LogP contribution >= 0.6 is 0 Å². The summed E-state index contributed by atoms with van der Waals surface area (Å²) in [5.41, 5.74) is 0.719. The first-order valence-electron chi connectivity index (χ1n) is 7.41. The topological polar surface area (TPSA) is 69.6 Å². The lowest BCUT2D eigenvalue weighted by Crippen LogP contribution is -2.42. The van der Waals surface area contributed by atoms with Crippen LogP contribution in [-0.2, 0) is 0 Å². The van der Waals surface area contributed by atoms with Gasteiger partial charge in [0, 0.05) is 19.0 Å². The number of carboxylic acid groups (broad SMARTS) is 1. The van der Waals surface area contributed by atoms with E-state index in [4.69, 9.17) is 0 Å². The molecule has 2 heterocycles. The molecule has 0 radical (unpaired) electrons. The highest BCUT2D eigenvalue weighted by Gasteiger charge is 2.25. The van der Waals surface area contributed by atoms with Crippen molar-refractivity contribution in [1.29, 1.82) is 0 Å². The van der Waals surface area contributed by atoms with E-state index in [2.05, 4.69) is 21.9 Å². The standard InChI is InChI=1S/C15H24N4O2/c1-10(2)14-16-9-12(13(17-14)15(20)21)19(4)11-5-7-18(3)8-6-11/h9-11H,5-8H2,1-4H3,(H,20,21). The van der Waals surface area contributed by atoms with Crippen LogP contribution < -0.4 is 4.90 Å². The second-order valence-corrected chi connectivity index (χ2v) is 6.07. The van der Waals surface area contributed by atoms with Crippen LogP contribution in [0, 0.1) is 0 Å². The highest BCUT2D eigenvalue weighted by Crippen LogP contribution is 2.25. The van der Waals surface area contributed by atoms with Gasteiger partial charge in [-0.05, 0) is 33.0 Å². The molecule has 21 heavy (non-hydrogen) atoms. The predicted molar refractivity (Wildman–Crippen MR) is 82.0 cm³/mol. The Kier molecular flexibility index (Phi) is 4.77. The maximum absolute atomic E-state index is 11.5. The molecule has 1 N–H and O–H groups in total. The second kappa shape index (κ2) is 6.39. The third kappa shape index (κ3) is 3.50.